The number of hydrogen-bond donors (Lipinski definition) is 2. The molecule has 1 amide bonds. The van der Waals surface area contributed by atoms with Crippen LogP contribution >= 0.6 is 0 Å². The Hall–Kier alpha value is -4.45. The molecule has 2 aromatic heterocycles. The predicted molar refractivity (Wildman–Crippen MR) is 127 cm³/mol. The minimum atomic E-state index is -0.320. The molecule has 0 aliphatic carbocycles. The highest BCUT2D eigenvalue weighted by Gasteiger charge is 2.15. The van der Waals surface area contributed by atoms with Crippen molar-refractivity contribution in [1.82, 2.24) is 15.4 Å². The Morgan fingerprint density at radius 2 is 1.81 bits per heavy atom. The number of benzene rings is 3. The summed E-state index contributed by atoms with van der Waals surface area (Å²) in [6.45, 7) is 0. The van der Waals surface area contributed by atoms with Crippen LogP contribution < -0.4 is 10.2 Å². The number of pyridine rings is 1. The predicted octanol–water partition coefficient (Wildman–Crippen LogP) is 5.16. The van der Waals surface area contributed by atoms with Crippen molar-refractivity contribution in [3.8, 4) is 17.0 Å². The molecule has 0 unspecified atom stereocenters. The molecule has 0 aliphatic heterocycles. The molecule has 0 aliphatic rings. The number of rotatable bonds is 5. The van der Waals surface area contributed by atoms with Crippen LogP contribution in [0.1, 0.15) is 15.9 Å². The molecule has 5 aromatic rings. The summed E-state index contributed by atoms with van der Waals surface area (Å²) in [5.74, 6) is 0.335. The zero-order valence-electron chi connectivity index (χ0n) is 17.4. The lowest BCUT2D eigenvalue weighted by atomic mass is 10.0. The highest BCUT2D eigenvalue weighted by Crippen LogP contribution is 2.27. The number of carbonyl (C=O) groups is 1. The second-order valence-corrected chi connectivity index (χ2v) is 7.29. The average Bonchev–Trinajstić information content (AvgIpc) is 3.26. The van der Waals surface area contributed by atoms with Crippen molar-refractivity contribution in [2.45, 2.75) is 0 Å². The first-order valence-electron chi connectivity index (χ1n) is 10.2. The van der Waals surface area contributed by atoms with Gasteiger partial charge in [0.05, 0.1) is 30.1 Å². The van der Waals surface area contributed by atoms with Crippen LogP contribution in [-0.2, 0) is 0 Å². The Morgan fingerprint density at radius 3 is 2.66 bits per heavy atom. The summed E-state index contributed by atoms with van der Waals surface area (Å²) in [5, 5.41) is 5.93. The molecule has 0 fully saturated rings. The molecular weight excluding hydrogens is 400 g/mol. The first-order chi connectivity index (χ1) is 15.7. The van der Waals surface area contributed by atoms with E-state index in [1.54, 1.807) is 19.4 Å². The molecule has 6 nitrogen and oxygen atoms in total. The quantitative estimate of drug-likeness (QED) is 0.305. The number of hydrazone groups is 1. The molecule has 0 spiro atoms. The maximum Gasteiger partial charge on any atom is 0.272 e. The summed E-state index contributed by atoms with van der Waals surface area (Å²) in [5.41, 5.74) is 7.40. The third-order valence-corrected chi connectivity index (χ3v) is 5.32. The van der Waals surface area contributed by atoms with Crippen LogP contribution in [0.3, 0.4) is 0 Å². The molecule has 5 rings (SSSR count). The summed E-state index contributed by atoms with van der Waals surface area (Å²) in [6, 6.07) is 25.0. The van der Waals surface area contributed by atoms with Gasteiger partial charge in [-0.3, -0.25) is 4.79 Å². The van der Waals surface area contributed by atoms with Crippen LogP contribution in [0.2, 0.25) is 0 Å². The molecule has 0 saturated carbocycles. The summed E-state index contributed by atoms with van der Waals surface area (Å²) in [7, 11) is 1.60. The van der Waals surface area contributed by atoms with Gasteiger partial charge in [-0.05, 0) is 30.3 Å². The third kappa shape index (κ3) is 3.70. The smallest absolute Gasteiger partial charge is 0.272 e. The largest absolute Gasteiger partial charge is 0.497 e. The molecule has 2 heterocycles. The van der Waals surface area contributed by atoms with Crippen molar-refractivity contribution >= 4 is 33.9 Å². The van der Waals surface area contributed by atoms with Gasteiger partial charge in [0.25, 0.3) is 5.91 Å². The molecule has 2 N–H and O–H groups in total. The van der Waals surface area contributed by atoms with Crippen LogP contribution in [-0.4, -0.2) is 29.2 Å². The van der Waals surface area contributed by atoms with E-state index >= 15 is 0 Å². The summed E-state index contributed by atoms with van der Waals surface area (Å²) < 4.78 is 5.35. The number of fused-ring (bicyclic) bond motifs is 2. The number of methoxy groups -OCH3 is 1. The van der Waals surface area contributed by atoms with Crippen molar-refractivity contribution in [2.75, 3.05) is 7.11 Å². The number of H-pyrrole nitrogens is 1. The number of para-hydroxylation sites is 1. The second kappa shape index (κ2) is 8.35. The van der Waals surface area contributed by atoms with E-state index in [9.17, 15) is 4.79 Å². The summed E-state index contributed by atoms with van der Waals surface area (Å²) in [6.07, 6.45) is 3.50. The van der Waals surface area contributed by atoms with Gasteiger partial charge in [-0.1, -0.05) is 48.5 Å². The molecule has 32 heavy (non-hydrogen) atoms. The molecule has 156 valence electrons. The fourth-order valence-corrected chi connectivity index (χ4v) is 3.70. The minimum Gasteiger partial charge on any atom is -0.497 e. The number of ether oxygens (including phenoxy) is 1. The van der Waals surface area contributed by atoms with E-state index in [2.05, 4.69) is 15.5 Å². The zero-order chi connectivity index (χ0) is 21.9. The Morgan fingerprint density at radius 1 is 1.00 bits per heavy atom. The average molecular weight is 420 g/mol. The van der Waals surface area contributed by atoms with E-state index in [0.29, 0.717) is 27.9 Å². The zero-order valence-corrected chi connectivity index (χ0v) is 17.4. The number of hydrogen-bond acceptors (Lipinski definition) is 4. The Balaban J connectivity index is 1.51. The van der Waals surface area contributed by atoms with Crippen molar-refractivity contribution < 1.29 is 9.53 Å². The lowest BCUT2D eigenvalue weighted by Crippen LogP contribution is -2.18. The lowest BCUT2D eigenvalue weighted by molar-refractivity contribution is 0.0956. The van der Waals surface area contributed by atoms with Crippen molar-refractivity contribution in [3.63, 3.8) is 0 Å². The Bertz CT molecular complexity index is 1460. The van der Waals surface area contributed by atoms with Gasteiger partial charge in [0, 0.05) is 33.6 Å². The maximum absolute atomic E-state index is 13.1. The molecule has 0 saturated heterocycles. The van der Waals surface area contributed by atoms with E-state index in [-0.39, 0.29) is 5.91 Å². The van der Waals surface area contributed by atoms with Gasteiger partial charge >= 0.3 is 0 Å². The third-order valence-electron chi connectivity index (χ3n) is 5.32. The highest BCUT2D eigenvalue weighted by atomic mass is 16.5. The van der Waals surface area contributed by atoms with Crippen LogP contribution in [0.15, 0.2) is 90.2 Å². The van der Waals surface area contributed by atoms with Crippen LogP contribution in [0, 0.1) is 0 Å². The number of nitrogens with zero attached hydrogens (tertiary/aromatic N) is 2. The molecule has 0 radical (unpaired) electrons. The summed E-state index contributed by atoms with van der Waals surface area (Å²) >= 11 is 0. The van der Waals surface area contributed by atoms with Gasteiger partial charge < -0.3 is 9.72 Å². The first-order valence-corrected chi connectivity index (χ1v) is 10.2. The van der Waals surface area contributed by atoms with Gasteiger partial charge in [0.1, 0.15) is 5.75 Å². The van der Waals surface area contributed by atoms with Gasteiger partial charge in [-0.2, -0.15) is 5.10 Å². The number of nitrogens with one attached hydrogen (secondary N) is 2. The molecule has 3 aromatic carbocycles. The minimum absolute atomic E-state index is 0.320. The lowest BCUT2D eigenvalue weighted by Gasteiger charge is -2.10. The van der Waals surface area contributed by atoms with Gasteiger partial charge in [-0.25, -0.2) is 10.4 Å². The first kappa shape index (κ1) is 19.5. The van der Waals surface area contributed by atoms with E-state index in [4.69, 9.17) is 9.72 Å². The highest BCUT2D eigenvalue weighted by molar-refractivity contribution is 6.08. The van der Waals surface area contributed by atoms with Crippen molar-refractivity contribution in [3.05, 3.63) is 96.2 Å². The second-order valence-electron chi connectivity index (χ2n) is 7.29. The van der Waals surface area contributed by atoms with Gasteiger partial charge in [0.15, 0.2) is 0 Å². The number of amides is 1. The molecule has 0 atom stereocenters. The standard InChI is InChI=1S/C26H20N4O2/c1-32-19-11-12-24-21(13-19)22(14-25(29-24)17-7-3-2-4-8-17)26(31)30-28-16-18-15-27-23-10-6-5-9-20(18)23/h2-16,27H,1H3,(H,30,31)/b28-16+. The van der Waals surface area contributed by atoms with E-state index in [1.165, 1.54) is 0 Å². The molecule has 6 heteroatoms. The fraction of sp³-hybridized carbons (Fsp3) is 0.0385. The van der Waals surface area contributed by atoms with Crippen LogP contribution in [0.5, 0.6) is 5.75 Å². The summed E-state index contributed by atoms with van der Waals surface area (Å²) in [4.78, 5) is 21.1. The Labute approximate surface area is 184 Å². The Kier molecular flexibility index (Phi) is 5.09. The SMILES string of the molecule is COc1ccc2nc(-c3ccccc3)cc(C(=O)N/N=C/c3c[nH]c4ccccc34)c2c1. The van der Waals surface area contributed by atoms with Crippen molar-refractivity contribution in [1.29, 1.82) is 0 Å². The number of carbonyl (C=O) groups excluding carboxylic acids is 1. The van der Waals surface area contributed by atoms with E-state index in [1.807, 2.05) is 79.0 Å². The normalized spacial score (nSPS) is 11.3. The number of aromatic amines is 1. The van der Waals surface area contributed by atoms with Gasteiger partial charge in [0.2, 0.25) is 0 Å². The van der Waals surface area contributed by atoms with Crippen molar-refractivity contribution in [2.24, 2.45) is 5.10 Å². The maximum atomic E-state index is 13.1. The van der Waals surface area contributed by atoms with E-state index < -0.39 is 0 Å². The monoisotopic (exact) mass is 420 g/mol. The molecule has 0 bridgehead atoms. The van der Waals surface area contributed by atoms with E-state index in [0.717, 1.165) is 22.0 Å². The topological polar surface area (TPSA) is 79.4 Å². The molecular formula is C26H20N4O2. The number of aromatic nitrogens is 2. The fourth-order valence-electron chi connectivity index (χ4n) is 3.70. The van der Waals surface area contributed by atoms with Crippen LogP contribution in [0.4, 0.5) is 0 Å². The van der Waals surface area contributed by atoms with Gasteiger partial charge in [-0.15, -0.1) is 0 Å². The van der Waals surface area contributed by atoms with Crippen LogP contribution in [0.25, 0.3) is 33.1 Å².